The average molecular weight is 322 g/mol. The van der Waals surface area contributed by atoms with Crippen LogP contribution in [0.15, 0.2) is 48.5 Å². The lowest BCUT2D eigenvalue weighted by molar-refractivity contribution is -0.121. The van der Waals surface area contributed by atoms with E-state index in [0.717, 1.165) is 24.8 Å². The highest BCUT2D eigenvalue weighted by molar-refractivity contribution is 5.97. The van der Waals surface area contributed by atoms with Crippen molar-refractivity contribution in [1.82, 2.24) is 10.6 Å². The summed E-state index contributed by atoms with van der Waals surface area (Å²) in [7, 11) is 0. The standard InChI is InChI=1S/C20H22N2O2/c1-14-7-2-4-10-16(14)20(24)21-13-19(23)22-18-12-6-9-15-8-3-5-11-17(15)18/h2-5,7-8,10-11,18H,6,9,12-13H2,1H3,(H,21,24)(H,22,23). The molecule has 2 amide bonds. The third-order valence-electron chi connectivity index (χ3n) is 4.50. The van der Waals surface area contributed by atoms with Crippen LogP contribution in [0.2, 0.25) is 0 Å². The quantitative estimate of drug-likeness (QED) is 0.909. The van der Waals surface area contributed by atoms with Crippen LogP contribution in [0, 0.1) is 6.92 Å². The number of benzene rings is 2. The fraction of sp³-hybridized carbons (Fsp3) is 0.300. The highest BCUT2D eigenvalue weighted by Crippen LogP contribution is 2.29. The lowest BCUT2D eigenvalue weighted by atomic mass is 9.88. The molecule has 0 fully saturated rings. The van der Waals surface area contributed by atoms with Crippen molar-refractivity contribution < 1.29 is 9.59 Å². The van der Waals surface area contributed by atoms with Gasteiger partial charge >= 0.3 is 0 Å². The molecular weight excluding hydrogens is 300 g/mol. The molecule has 0 spiro atoms. The monoisotopic (exact) mass is 322 g/mol. The zero-order chi connectivity index (χ0) is 16.9. The van der Waals surface area contributed by atoms with E-state index in [2.05, 4.69) is 22.8 Å². The molecule has 24 heavy (non-hydrogen) atoms. The molecular formula is C20H22N2O2. The highest BCUT2D eigenvalue weighted by atomic mass is 16.2. The molecule has 4 nitrogen and oxygen atoms in total. The van der Waals surface area contributed by atoms with E-state index in [4.69, 9.17) is 0 Å². The van der Waals surface area contributed by atoms with Gasteiger partial charge in [-0.3, -0.25) is 9.59 Å². The summed E-state index contributed by atoms with van der Waals surface area (Å²) in [5, 5.41) is 5.74. The van der Waals surface area contributed by atoms with Gasteiger partial charge in [0, 0.05) is 5.56 Å². The van der Waals surface area contributed by atoms with Crippen LogP contribution in [0.3, 0.4) is 0 Å². The average Bonchev–Trinajstić information content (AvgIpc) is 2.60. The Morgan fingerprint density at radius 3 is 2.67 bits per heavy atom. The summed E-state index contributed by atoms with van der Waals surface area (Å²) in [5.74, 6) is -0.370. The van der Waals surface area contributed by atoms with Gasteiger partial charge in [0.05, 0.1) is 12.6 Å². The first-order valence-corrected chi connectivity index (χ1v) is 8.36. The number of carbonyl (C=O) groups is 2. The molecule has 0 bridgehead atoms. The first-order chi connectivity index (χ1) is 11.6. The minimum absolute atomic E-state index is 0.00810. The van der Waals surface area contributed by atoms with Gasteiger partial charge in [0.1, 0.15) is 0 Å². The number of fused-ring (bicyclic) bond motifs is 1. The van der Waals surface area contributed by atoms with Gasteiger partial charge in [-0.05, 0) is 48.9 Å². The van der Waals surface area contributed by atoms with Crippen LogP contribution < -0.4 is 10.6 Å². The van der Waals surface area contributed by atoms with E-state index >= 15 is 0 Å². The first kappa shape index (κ1) is 16.2. The largest absolute Gasteiger partial charge is 0.348 e. The van der Waals surface area contributed by atoms with Gasteiger partial charge in [-0.1, -0.05) is 42.5 Å². The lowest BCUT2D eigenvalue weighted by Gasteiger charge is -2.26. The Morgan fingerprint density at radius 1 is 1.08 bits per heavy atom. The predicted octanol–water partition coefficient (Wildman–Crippen LogP) is 2.92. The second kappa shape index (κ2) is 7.30. The molecule has 3 rings (SSSR count). The van der Waals surface area contributed by atoms with Crippen molar-refractivity contribution in [3.63, 3.8) is 0 Å². The molecule has 1 aliphatic rings. The molecule has 124 valence electrons. The number of hydrogen-bond donors (Lipinski definition) is 2. The highest BCUT2D eigenvalue weighted by Gasteiger charge is 2.21. The molecule has 2 N–H and O–H groups in total. The van der Waals surface area contributed by atoms with Crippen LogP contribution in [0.1, 0.15) is 45.9 Å². The normalized spacial score (nSPS) is 16.1. The van der Waals surface area contributed by atoms with E-state index < -0.39 is 0 Å². The SMILES string of the molecule is Cc1ccccc1C(=O)NCC(=O)NC1CCCc2ccccc21. The Kier molecular flexibility index (Phi) is 4.94. The third kappa shape index (κ3) is 3.65. The maximum absolute atomic E-state index is 12.2. The van der Waals surface area contributed by atoms with Crippen LogP contribution in [0.25, 0.3) is 0 Å². The van der Waals surface area contributed by atoms with Crippen molar-refractivity contribution in [1.29, 1.82) is 0 Å². The third-order valence-corrected chi connectivity index (χ3v) is 4.50. The minimum Gasteiger partial charge on any atom is -0.348 e. The van der Waals surface area contributed by atoms with E-state index in [1.54, 1.807) is 6.07 Å². The summed E-state index contributed by atoms with van der Waals surface area (Å²) in [4.78, 5) is 24.4. The molecule has 1 unspecified atom stereocenters. The van der Waals surface area contributed by atoms with Gasteiger partial charge in [0.15, 0.2) is 0 Å². The van der Waals surface area contributed by atoms with Crippen molar-refractivity contribution in [3.05, 3.63) is 70.8 Å². The van der Waals surface area contributed by atoms with E-state index in [1.807, 2.05) is 37.3 Å². The van der Waals surface area contributed by atoms with E-state index in [9.17, 15) is 9.59 Å². The van der Waals surface area contributed by atoms with Crippen molar-refractivity contribution in [2.24, 2.45) is 0 Å². The van der Waals surface area contributed by atoms with Crippen molar-refractivity contribution in [2.75, 3.05) is 6.54 Å². The van der Waals surface area contributed by atoms with Crippen LogP contribution in [0.5, 0.6) is 0 Å². The zero-order valence-corrected chi connectivity index (χ0v) is 13.8. The van der Waals surface area contributed by atoms with Gasteiger partial charge in [-0.15, -0.1) is 0 Å². The number of carbonyl (C=O) groups excluding carboxylic acids is 2. The Bertz CT molecular complexity index is 755. The van der Waals surface area contributed by atoms with Crippen molar-refractivity contribution >= 4 is 11.8 Å². The molecule has 0 heterocycles. The summed E-state index contributed by atoms with van der Waals surface area (Å²) < 4.78 is 0. The van der Waals surface area contributed by atoms with E-state index in [1.165, 1.54) is 11.1 Å². The fourth-order valence-electron chi connectivity index (χ4n) is 3.23. The topological polar surface area (TPSA) is 58.2 Å². The lowest BCUT2D eigenvalue weighted by Crippen LogP contribution is -2.39. The number of nitrogens with one attached hydrogen (secondary N) is 2. The molecule has 0 saturated heterocycles. The second-order valence-corrected chi connectivity index (χ2v) is 6.21. The van der Waals surface area contributed by atoms with Gasteiger partial charge in [-0.2, -0.15) is 0 Å². The maximum Gasteiger partial charge on any atom is 0.251 e. The van der Waals surface area contributed by atoms with E-state index in [-0.39, 0.29) is 24.4 Å². The summed E-state index contributed by atoms with van der Waals surface area (Å²) in [6.45, 7) is 1.87. The number of hydrogen-bond acceptors (Lipinski definition) is 2. The molecule has 0 aromatic heterocycles. The minimum atomic E-state index is -0.215. The second-order valence-electron chi connectivity index (χ2n) is 6.21. The summed E-state index contributed by atoms with van der Waals surface area (Å²) in [6, 6.07) is 15.6. The van der Waals surface area contributed by atoms with Gasteiger partial charge < -0.3 is 10.6 Å². The molecule has 1 aliphatic carbocycles. The Hall–Kier alpha value is -2.62. The molecule has 0 aliphatic heterocycles. The van der Waals surface area contributed by atoms with Crippen LogP contribution in [-0.2, 0) is 11.2 Å². The molecule has 0 radical (unpaired) electrons. The molecule has 4 heteroatoms. The summed E-state index contributed by atoms with van der Waals surface area (Å²) in [5.41, 5.74) is 4.00. The Balaban J connectivity index is 1.57. The van der Waals surface area contributed by atoms with Crippen LogP contribution in [0.4, 0.5) is 0 Å². The van der Waals surface area contributed by atoms with Crippen molar-refractivity contribution in [3.8, 4) is 0 Å². The smallest absolute Gasteiger partial charge is 0.251 e. The predicted molar refractivity (Wildman–Crippen MR) is 93.8 cm³/mol. The Morgan fingerprint density at radius 2 is 1.83 bits per heavy atom. The van der Waals surface area contributed by atoms with Gasteiger partial charge in [-0.25, -0.2) is 0 Å². The fourth-order valence-corrected chi connectivity index (χ4v) is 3.23. The molecule has 0 saturated carbocycles. The zero-order valence-electron chi connectivity index (χ0n) is 13.8. The number of aryl methyl sites for hydroxylation is 2. The Labute approximate surface area is 142 Å². The van der Waals surface area contributed by atoms with Crippen LogP contribution >= 0.6 is 0 Å². The van der Waals surface area contributed by atoms with Gasteiger partial charge in [0.25, 0.3) is 5.91 Å². The number of amides is 2. The maximum atomic E-state index is 12.2. The molecule has 2 aromatic carbocycles. The van der Waals surface area contributed by atoms with Gasteiger partial charge in [0.2, 0.25) is 5.91 Å². The number of rotatable bonds is 4. The summed E-state index contributed by atoms with van der Waals surface area (Å²) >= 11 is 0. The molecule has 2 aromatic rings. The summed E-state index contributed by atoms with van der Waals surface area (Å²) in [6.07, 6.45) is 3.07. The first-order valence-electron chi connectivity index (χ1n) is 8.36. The van der Waals surface area contributed by atoms with Crippen molar-refractivity contribution in [2.45, 2.75) is 32.2 Å². The van der Waals surface area contributed by atoms with Crippen LogP contribution in [-0.4, -0.2) is 18.4 Å². The van der Waals surface area contributed by atoms with E-state index in [0.29, 0.717) is 5.56 Å². The molecule has 1 atom stereocenters.